The van der Waals surface area contributed by atoms with Gasteiger partial charge in [0.2, 0.25) is 0 Å². The van der Waals surface area contributed by atoms with Crippen molar-refractivity contribution in [3.8, 4) is 11.5 Å². The van der Waals surface area contributed by atoms with Crippen molar-refractivity contribution in [2.45, 2.75) is 11.8 Å². The van der Waals surface area contributed by atoms with Crippen LogP contribution in [0.2, 0.25) is 0 Å². The number of hydrogen-bond donors (Lipinski definition) is 1. The average molecular weight is 496 g/mol. The van der Waals surface area contributed by atoms with Crippen LogP contribution >= 0.6 is 0 Å². The second-order valence-corrected chi connectivity index (χ2v) is 9.94. The van der Waals surface area contributed by atoms with Gasteiger partial charge in [-0.15, -0.1) is 0 Å². The number of piperazine rings is 1. The summed E-state index contributed by atoms with van der Waals surface area (Å²) in [4.78, 5) is 17.3. The number of nitrogens with zero attached hydrogens (tertiary/aromatic N) is 2. The van der Waals surface area contributed by atoms with E-state index in [1.807, 2.05) is 24.3 Å². The summed E-state index contributed by atoms with van der Waals surface area (Å²) in [6.45, 7) is 4.18. The van der Waals surface area contributed by atoms with Gasteiger partial charge in [-0.1, -0.05) is 6.07 Å². The molecule has 0 aliphatic carbocycles. The normalized spacial score (nSPS) is 13.9. The molecule has 0 atom stereocenters. The molecule has 1 saturated heterocycles. The Hall–Kier alpha value is -3.72. The van der Waals surface area contributed by atoms with E-state index in [9.17, 15) is 13.2 Å². The minimum Gasteiger partial charge on any atom is -0.497 e. The van der Waals surface area contributed by atoms with Crippen LogP contribution < -0.4 is 19.1 Å². The molecule has 3 aromatic carbocycles. The van der Waals surface area contributed by atoms with Crippen molar-refractivity contribution < 1.29 is 22.7 Å². The number of benzene rings is 3. The molecule has 8 nitrogen and oxygen atoms in total. The summed E-state index contributed by atoms with van der Waals surface area (Å²) in [5, 5.41) is 0. The molecule has 35 heavy (non-hydrogen) atoms. The largest absolute Gasteiger partial charge is 0.497 e. The van der Waals surface area contributed by atoms with Gasteiger partial charge in [0.05, 0.1) is 19.1 Å². The molecule has 1 aliphatic rings. The van der Waals surface area contributed by atoms with Crippen LogP contribution in [0.4, 0.5) is 11.4 Å². The van der Waals surface area contributed by atoms with E-state index in [1.54, 1.807) is 62.4 Å². The first-order valence-electron chi connectivity index (χ1n) is 11.3. The monoisotopic (exact) mass is 495 g/mol. The van der Waals surface area contributed by atoms with Gasteiger partial charge in [0.25, 0.3) is 15.9 Å². The summed E-state index contributed by atoms with van der Waals surface area (Å²) < 4.78 is 39.1. The van der Waals surface area contributed by atoms with Gasteiger partial charge in [-0.25, -0.2) is 8.42 Å². The summed E-state index contributed by atoms with van der Waals surface area (Å²) in [5.41, 5.74) is 2.40. The molecule has 1 aliphatic heterocycles. The molecule has 3 aromatic rings. The molecule has 0 saturated carbocycles. The topological polar surface area (TPSA) is 88.2 Å². The maximum Gasteiger partial charge on any atom is 0.262 e. The van der Waals surface area contributed by atoms with Gasteiger partial charge in [0.15, 0.2) is 0 Å². The molecule has 0 unspecified atom stereocenters. The van der Waals surface area contributed by atoms with Crippen LogP contribution in [0.25, 0.3) is 0 Å². The minimum absolute atomic E-state index is 0.0797. The zero-order chi connectivity index (χ0) is 25.0. The highest BCUT2D eigenvalue weighted by molar-refractivity contribution is 7.92. The van der Waals surface area contributed by atoms with Crippen LogP contribution in [0, 0.1) is 6.92 Å². The average Bonchev–Trinajstić information content (AvgIpc) is 2.89. The van der Waals surface area contributed by atoms with E-state index < -0.39 is 10.0 Å². The lowest BCUT2D eigenvalue weighted by atomic mass is 10.1. The third-order valence-electron chi connectivity index (χ3n) is 6.07. The SMILES string of the molecule is COc1ccc(NS(=O)(=O)c2cc(C(=O)N3CCN(c4ccc(OC)cc4)CC3)ccc2C)cc1. The second-order valence-electron chi connectivity index (χ2n) is 8.29. The third kappa shape index (κ3) is 5.51. The summed E-state index contributed by atoms with van der Waals surface area (Å²) in [6.07, 6.45) is 0. The predicted octanol–water partition coefficient (Wildman–Crippen LogP) is 3.78. The molecule has 1 fully saturated rings. The number of rotatable bonds is 7. The Balaban J connectivity index is 1.46. The molecular weight excluding hydrogens is 466 g/mol. The van der Waals surface area contributed by atoms with E-state index in [0.29, 0.717) is 48.7 Å². The number of methoxy groups -OCH3 is 2. The van der Waals surface area contributed by atoms with Crippen molar-refractivity contribution in [3.63, 3.8) is 0 Å². The van der Waals surface area contributed by atoms with Crippen LogP contribution in [0.15, 0.2) is 71.6 Å². The second kappa shape index (κ2) is 10.3. The van der Waals surface area contributed by atoms with E-state index in [2.05, 4.69) is 9.62 Å². The number of ether oxygens (including phenoxy) is 2. The smallest absolute Gasteiger partial charge is 0.262 e. The van der Waals surface area contributed by atoms with Crippen LogP contribution in [0.5, 0.6) is 11.5 Å². The van der Waals surface area contributed by atoms with Crippen LogP contribution in [-0.2, 0) is 10.0 Å². The molecule has 0 aromatic heterocycles. The van der Waals surface area contributed by atoms with Crippen molar-refractivity contribution in [2.75, 3.05) is 50.0 Å². The number of nitrogens with one attached hydrogen (secondary N) is 1. The number of hydrogen-bond acceptors (Lipinski definition) is 6. The highest BCUT2D eigenvalue weighted by Crippen LogP contribution is 2.24. The van der Waals surface area contributed by atoms with Crippen LogP contribution in [0.3, 0.4) is 0 Å². The summed E-state index contributed by atoms with van der Waals surface area (Å²) in [5.74, 6) is 1.25. The molecule has 4 rings (SSSR count). The van der Waals surface area contributed by atoms with Crippen molar-refractivity contribution in [3.05, 3.63) is 77.9 Å². The number of carbonyl (C=O) groups excluding carboxylic acids is 1. The van der Waals surface area contributed by atoms with Crippen molar-refractivity contribution in [1.29, 1.82) is 0 Å². The van der Waals surface area contributed by atoms with Crippen LogP contribution in [0.1, 0.15) is 15.9 Å². The Morgan fingerprint density at radius 3 is 1.97 bits per heavy atom. The van der Waals surface area contributed by atoms with Crippen molar-refractivity contribution in [2.24, 2.45) is 0 Å². The maximum absolute atomic E-state index is 13.2. The van der Waals surface area contributed by atoms with E-state index in [0.717, 1.165) is 11.4 Å². The quantitative estimate of drug-likeness (QED) is 0.537. The van der Waals surface area contributed by atoms with E-state index >= 15 is 0 Å². The van der Waals surface area contributed by atoms with Gasteiger partial charge in [-0.2, -0.15) is 0 Å². The minimum atomic E-state index is -3.88. The van der Waals surface area contributed by atoms with E-state index in [1.165, 1.54) is 6.07 Å². The molecule has 1 heterocycles. The Morgan fingerprint density at radius 2 is 1.40 bits per heavy atom. The standard InChI is InChI=1S/C26H29N3O5S/c1-19-4-5-20(18-25(19)35(31,32)27-21-6-10-23(33-2)11-7-21)26(30)29-16-14-28(15-17-29)22-8-12-24(34-3)13-9-22/h4-13,18,27H,14-17H2,1-3H3. The first-order valence-corrected chi connectivity index (χ1v) is 12.7. The maximum atomic E-state index is 13.2. The molecule has 0 bridgehead atoms. The molecular formula is C26H29N3O5S. The predicted molar refractivity (Wildman–Crippen MR) is 136 cm³/mol. The molecule has 9 heteroatoms. The first-order chi connectivity index (χ1) is 16.8. The van der Waals surface area contributed by atoms with Crippen LogP contribution in [-0.4, -0.2) is 59.6 Å². The van der Waals surface area contributed by atoms with E-state index in [-0.39, 0.29) is 10.8 Å². The Bertz CT molecular complexity index is 1280. The third-order valence-corrected chi connectivity index (χ3v) is 7.59. The van der Waals surface area contributed by atoms with Gasteiger partial charge >= 0.3 is 0 Å². The molecule has 0 spiro atoms. The summed E-state index contributed by atoms with van der Waals surface area (Å²) in [7, 11) is -0.700. The lowest BCUT2D eigenvalue weighted by Crippen LogP contribution is -2.48. The summed E-state index contributed by atoms with van der Waals surface area (Å²) in [6, 6.07) is 19.3. The molecule has 1 N–H and O–H groups in total. The summed E-state index contributed by atoms with van der Waals surface area (Å²) >= 11 is 0. The first kappa shape index (κ1) is 24.4. The van der Waals surface area contributed by atoms with Gasteiger partial charge < -0.3 is 19.3 Å². The van der Waals surface area contributed by atoms with Crippen molar-refractivity contribution >= 4 is 27.3 Å². The Morgan fingerprint density at radius 1 is 0.829 bits per heavy atom. The molecule has 184 valence electrons. The number of sulfonamides is 1. The molecule has 1 amide bonds. The van der Waals surface area contributed by atoms with Gasteiger partial charge in [0.1, 0.15) is 11.5 Å². The number of carbonyl (C=O) groups is 1. The van der Waals surface area contributed by atoms with Gasteiger partial charge in [-0.05, 0) is 73.2 Å². The molecule has 0 radical (unpaired) electrons. The van der Waals surface area contributed by atoms with E-state index in [4.69, 9.17) is 9.47 Å². The lowest BCUT2D eigenvalue weighted by molar-refractivity contribution is 0.0746. The zero-order valence-corrected chi connectivity index (χ0v) is 20.8. The highest BCUT2D eigenvalue weighted by Gasteiger charge is 2.25. The fraction of sp³-hybridized carbons (Fsp3) is 0.269. The Labute approximate surface area is 206 Å². The highest BCUT2D eigenvalue weighted by atomic mass is 32.2. The number of aryl methyl sites for hydroxylation is 1. The van der Waals surface area contributed by atoms with Crippen molar-refractivity contribution in [1.82, 2.24) is 4.90 Å². The zero-order valence-electron chi connectivity index (χ0n) is 20.0. The number of anilines is 2. The lowest BCUT2D eigenvalue weighted by Gasteiger charge is -2.36. The number of amides is 1. The van der Waals surface area contributed by atoms with Gasteiger partial charge in [-0.3, -0.25) is 9.52 Å². The fourth-order valence-electron chi connectivity index (χ4n) is 4.04. The van der Waals surface area contributed by atoms with Gasteiger partial charge in [0, 0.05) is 43.1 Å². The fourth-order valence-corrected chi connectivity index (χ4v) is 5.37. The Kier molecular flexibility index (Phi) is 7.16.